The zero-order chi connectivity index (χ0) is 15.0. The van der Waals surface area contributed by atoms with E-state index in [0.29, 0.717) is 17.0 Å². The van der Waals surface area contributed by atoms with Crippen molar-refractivity contribution in [2.45, 2.75) is 24.8 Å². The van der Waals surface area contributed by atoms with Gasteiger partial charge in [-0.05, 0) is 55.8 Å². The molecule has 0 bridgehead atoms. The maximum absolute atomic E-state index is 9.97. The van der Waals surface area contributed by atoms with Gasteiger partial charge >= 0.3 is 0 Å². The van der Waals surface area contributed by atoms with E-state index < -0.39 is 0 Å². The van der Waals surface area contributed by atoms with Crippen LogP contribution in [0.25, 0.3) is 0 Å². The van der Waals surface area contributed by atoms with Crippen LogP contribution in [0.1, 0.15) is 29.0 Å². The average molecular weight is 302 g/mol. The molecule has 1 aliphatic carbocycles. The molecule has 0 fully saturated rings. The molecule has 0 spiro atoms. The number of halogens is 1. The number of rotatable bonds is 2. The molecule has 0 aliphatic heterocycles. The van der Waals surface area contributed by atoms with E-state index in [9.17, 15) is 5.11 Å². The number of benzene rings is 2. The number of likely N-dealkylation sites (N-methyl/N-ethyl adjacent to an activating group) is 1. The molecule has 21 heavy (non-hydrogen) atoms. The summed E-state index contributed by atoms with van der Waals surface area (Å²) in [4.78, 5) is 2.28. The standard InChI is InChI=1S/C18H20ClNO/c1-20(2)14-8-13-9-17(19)18(21)11-16(13)15(10-14)12-6-4-3-5-7-12/h3-7,9,11,14-15,21H,8,10H2,1-2H3. The third-order valence-electron chi connectivity index (χ3n) is 4.48. The maximum atomic E-state index is 9.97. The van der Waals surface area contributed by atoms with E-state index in [1.807, 2.05) is 18.2 Å². The number of hydrogen-bond acceptors (Lipinski definition) is 2. The Morgan fingerprint density at radius 1 is 1.14 bits per heavy atom. The van der Waals surface area contributed by atoms with Crippen molar-refractivity contribution < 1.29 is 5.11 Å². The van der Waals surface area contributed by atoms with Gasteiger partial charge in [-0.25, -0.2) is 0 Å². The second kappa shape index (κ2) is 5.70. The van der Waals surface area contributed by atoms with Crippen molar-refractivity contribution in [3.8, 4) is 5.75 Å². The summed E-state index contributed by atoms with van der Waals surface area (Å²) in [6, 6.07) is 14.8. The number of aromatic hydroxyl groups is 1. The monoisotopic (exact) mass is 301 g/mol. The summed E-state index contributed by atoms with van der Waals surface area (Å²) in [5, 5.41) is 10.4. The highest BCUT2D eigenvalue weighted by Crippen LogP contribution is 2.41. The summed E-state index contributed by atoms with van der Waals surface area (Å²) in [5.41, 5.74) is 3.75. The zero-order valence-electron chi connectivity index (χ0n) is 12.4. The van der Waals surface area contributed by atoms with Gasteiger partial charge in [0.2, 0.25) is 0 Å². The molecule has 2 nitrogen and oxygen atoms in total. The SMILES string of the molecule is CN(C)C1Cc2cc(Cl)c(O)cc2C(c2ccccc2)C1. The fourth-order valence-electron chi connectivity index (χ4n) is 3.25. The minimum Gasteiger partial charge on any atom is -0.506 e. The van der Waals surface area contributed by atoms with Crippen LogP contribution in [0.5, 0.6) is 5.75 Å². The molecule has 2 unspecified atom stereocenters. The Labute approximate surface area is 131 Å². The molecule has 0 radical (unpaired) electrons. The molecular formula is C18H20ClNO. The Bertz CT molecular complexity index is 639. The smallest absolute Gasteiger partial charge is 0.134 e. The van der Waals surface area contributed by atoms with Crippen molar-refractivity contribution in [2.24, 2.45) is 0 Å². The van der Waals surface area contributed by atoms with Gasteiger partial charge in [0.05, 0.1) is 5.02 Å². The lowest BCUT2D eigenvalue weighted by Crippen LogP contribution is -2.35. The van der Waals surface area contributed by atoms with Crippen molar-refractivity contribution in [2.75, 3.05) is 14.1 Å². The van der Waals surface area contributed by atoms with Crippen molar-refractivity contribution >= 4 is 11.6 Å². The van der Waals surface area contributed by atoms with Gasteiger partial charge in [0.1, 0.15) is 5.75 Å². The Kier molecular flexibility index (Phi) is 3.92. The number of nitrogens with zero attached hydrogens (tertiary/aromatic N) is 1. The summed E-state index contributed by atoms with van der Waals surface area (Å²) in [5.74, 6) is 0.491. The lowest BCUT2D eigenvalue weighted by Gasteiger charge is -2.35. The van der Waals surface area contributed by atoms with Gasteiger partial charge in [-0.3, -0.25) is 0 Å². The molecule has 3 rings (SSSR count). The minimum absolute atomic E-state index is 0.180. The van der Waals surface area contributed by atoms with Gasteiger partial charge < -0.3 is 10.0 Å². The van der Waals surface area contributed by atoms with E-state index in [4.69, 9.17) is 11.6 Å². The predicted octanol–water partition coefficient (Wildman–Crippen LogP) is 4.05. The molecule has 2 atom stereocenters. The third-order valence-corrected chi connectivity index (χ3v) is 4.78. The van der Waals surface area contributed by atoms with Crippen molar-refractivity contribution in [3.05, 3.63) is 64.2 Å². The Morgan fingerprint density at radius 2 is 1.86 bits per heavy atom. The van der Waals surface area contributed by atoms with Crippen LogP contribution in [0, 0.1) is 0 Å². The fraction of sp³-hybridized carbons (Fsp3) is 0.333. The lowest BCUT2D eigenvalue weighted by molar-refractivity contribution is 0.258. The lowest BCUT2D eigenvalue weighted by atomic mass is 9.76. The first-order valence-corrected chi connectivity index (χ1v) is 7.66. The minimum atomic E-state index is 0.180. The van der Waals surface area contributed by atoms with Crippen LogP contribution >= 0.6 is 11.6 Å². The van der Waals surface area contributed by atoms with E-state index in [-0.39, 0.29) is 5.75 Å². The number of hydrogen-bond donors (Lipinski definition) is 1. The van der Waals surface area contributed by atoms with E-state index in [0.717, 1.165) is 12.8 Å². The third kappa shape index (κ3) is 2.78. The molecule has 2 aromatic carbocycles. The first kappa shape index (κ1) is 14.4. The van der Waals surface area contributed by atoms with Crippen LogP contribution in [0.4, 0.5) is 0 Å². The highest BCUT2D eigenvalue weighted by atomic mass is 35.5. The van der Waals surface area contributed by atoms with Crippen molar-refractivity contribution in [3.63, 3.8) is 0 Å². The highest BCUT2D eigenvalue weighted by molar-refractivity contribution is 6.32. The molecule has 0 amide bonds. The Morgan fingerprint density at radius 3 is 2.52 bits per heavy atom. The van der Waals surface area contributed by atoms with Crippen molar-refractivity contribution in [1.29, 1.82) is 0 Å². The Hall–Kier alpha value is -1.51. The molecule has 0 saturated heterocycles. The molecule has 0 aromatic heterocycles. The van der Waals surface area contributed by atoms with Crippen LogP contribution in [-0.2, 0) is 6.42 Å². The van der Waals surface area contributed by atoms with E-state index >= 15 is 0 Å². The first-order valence-electron chi connectivity index (χ1n) is 7.29. The summed E-state index contributed by atoms with van der Waals surface area (Å²) < 4.78 is 0. The molecule has 0 saturated carbocycles. The summed E-state index contributed by atoms with van der Waals surface area (Å²) in [6.07, 6.45) is 2.04. The van der Waals surface area contributed by atoms with Gasteiger partial charge in [0, 0.05) is 12.0 Å². The molecule has 1 aliphatic rings. The predicted molar refractivity (Wildman–Crippen MR) is 87.2 cm³/mol. The van der Waals surface area contributed by atoms with Gasteiger partial charge in [-0.15, -0.1) is 0 Å². The number of fused-ring (bicyclic) bond motifs is 1. The topological polar surface area (TPSA) is 23.5 Å². The molecule has 0 heterocycles. The van der Waals surface area contributed by atoms with Gasteiger partial charge in [0.25, 0.3) is 0 Å². The van der Waals surface area contributed by atoms with Gasteiger partial charge in [0.15, 0.2) is 0 Å². The number of phenols is 1. The molecule has 3 heteroatoms. The molecular weight excluding hydrogens is 282 g/mol. The van der Waals surface area contributed by atoms with Crippen LogP contribution in [0.3, 0.4) is 0 Å². The highest BCUT2D eigenvalue weighted by Gasteiger charge is 2.30. The summed E-state index contributed by atoms with van der Waals surface area (Å²) >= 11 is 6.10. The Balaban J connectivity index is 2.10. The molecule has 1 N–H and O–H groups in total. The molecule has 110 valence electrons. The van der Waals surface area contributed by atoms with Crippen LogP contribution < -0.4 is 0 Å². The van der Waals surface area contributed by atoms with Crippen LogP contribution in [-0.4, -0.2) is 30.1 Å². The van der Waals surface area contributed by atoms with Gasteiger partial charge in [-0.2, -0.15) is 0 Å². The second-order valence-corrected chi connectivity index (χ2v) is 6.43. The normalized spacial score (nSPS) is 21.3. The first-order chi connectivity index (χ1) is 10.1. The van der Waals surface area contributed by atoms with E-state index in [1.165, 1.54) is 16.7 Å². The van der Waals surface area contributed by atoms with Crippen LogP contribution in [0.15, 0.2) is 42.5 Å². The van der Waals surface area contributed by atoms with Crippen molar-refractivity contribution in [1.82, 2.24) is 4.90 Å². The van der Waals surface area contributed by atoms with Crippen LogP contribution in [0.2, 0.25) is 5.02 Å². The maximum Gasteiger partial charge on any atom is 0.134 e. The van der Waals surface area contributed by atoms with E-state index in [1.54, 1.807) is 0 Å². The van der Waals surface area contributed by atoms with Gasteiger partial charge in [-0.1, -0.05) is 41.9 Å². The molecule has 2 aromatic rings. The summed E-state index contributed by atoms with van der Waals surface area (Å²) in [7, 11) is 4.25. The fourth-order valence-corrected chi connectivity index (χ4v) is 3.44. The second-order valence-electron chi connectivity index (χ2n) is 6.02. The largest absolute Gasteiger partial charge is 0.506 e. The van der Waals surface area contributed by atoms with E-state index in [2.05, 4.69) is 43.3 Å². The zero-order valence-corrected chi connectivity index (χ0v) is 13.1. The summed E-state index contributed by atoms with van der Waals surface area (Å²) in [6.45, 7) is 0. The quantitative estimate of drug-likeness (QED) is 0.904. The number of phenolic OH excluding ortho intramolecular Hbond substituents is 1. The average Bonchev–Trinajstić information content (AvgIpc) is 2.48.